The first-order chi connectivity index (χ1) is 11.5. The monoisotopic (exact) mass is 365 g/mol. The van der Waals surface area contributed by atoms with Crippen LogP contribution in [0.25, 0.3) is 0 Å². The summed E-state index contributed by atoms with van der Waals surface area (Å²) in [5.41, 5.74) is 0.585. The molecule has 1 heterocycles. The maximum atomic E-state index is 11.8. The molecule has 9 heteroatoms. The topological polar surface area (TPSA) is 108 Å². The molecule has 0 saturated carbocycles. The zero-order valence-corrected chi connectivity index (χ0v) is 14.2. The minimum atomic E-state index is -1.01. The van der Waals surface area contributed by atoms with E-state index in [0.29, 0.717) is 10.8 Å². The first kappa shape index (κ1) is 18.0. The molecular weight excluding hydrogens is 350 g/mol. The minimum absolute atomic E-state index is 0.0667. The number of thioether (sulfide) groups is 1. The third-order valence-corrected chi connectivity index (χ3v) is 4.45. The van der Waals surface area contributed by atoms with Gasteiger partial charge in [-0.25, -0.2) is 4.98 Å². The van der Waals surface area contributed by atoms with Crippen LogP contribution in [0, 0.1) is 0 Å². The molecule has 24 heavy (non-hydrogen) atoms. The van der Waals surface area contributed by atoms with Crippen molar-refractivity contribution in [1.82, 2.24) is 4.98 Å². The smallest absolute Gasteiger partial charge is 0.303 e. The van der Waals surface area contributed by atoms with Crippen molar-refractivity contribution in [1.29, 1.82) is 0 Å². The number of amides is 2. The van der Waals surface area contributed by atoms with E-state index in [1.807, 2.05) is 0 Å². The third-order valence-electron chi connectivity index (χ3n) is 2.75. The number of anilines is 2. The van der Waals surface area contributed by atoms with Crippen LogP contribution in [-0.2, 0) is 14.4 Å². The summed E-state index contributed by atoms with van der Waals surface area (Å²) in [6.07, 6.45) is 1.35. The van der Waals surface area contributed by atoms with Crippen molar-refractivity contribution in [2.24, 2.45) is 0 Å². The summed E-state index contributed by atoms with van der Waals surface area (Å²) < 4.78 is 0. The van der Waals surface area contributed by atoms with Gasteiger partial charge in [0.1, 0.15) is 0 Å². The van der Waals surface area contributed by atoms with Gasteiger partial charge in [0.05, 0.1) is 12.2 Å². The molecule has 0 saturated heterocycles. The number of aliphatic carboxylic acids is 1. The Balaban J connectivity index is 1.76. The highest BCUT2D eigenvalue weighted by Crippen LogP contribution is 2.21. The second-order valence-corrected chi connectivity index (χ2v) is 6.58. The average Bonchev–Trinajstić information content (AvgIpc) is 3.05. The van der Waals surface area contributed by atoms with Crippen LogP contribution in [0.15, 0.2) is 40.7 Å². The van der Waals surface area contributed by atoms with Crippen molar-refractivity contribution in [2.75, 3.05) is 16.4 Å². The van der Waals surface area contributed by atoms with Crippen molar-refractivity contribution >= 4 is 51.7 Å². The number of thiazole rings is 1. The molecule has 0 atom stereocenters. The largest absolute Gasteiger partial charge is 0.481 e. The molecule has 0 bridgehead atoms. The van der Waals surface area contributed by atoms with E-state index in [1.54, 1.807) is 35.8 Å². The van der Waals surface area contributed by atoms with E-state index in [2.05, 4.69) is 15.6 Å². The highest BCUT2D eigenvalue weighted by atomic mass is 32.2. The number of nitrogens with one attached hydrogen (secondary N) is 2. The lowest BCUT2D eigenvalue weighted by Gasteiger charge is -2.06. The fraction of sp³-hybridized carbons (Fsp3) is 0.200. The molecule has 1 aromatic carbocycles. The van der Waals surface area contributed by atoms with E-state index >= 15 is 0 Å². The van der Waals surface area contributed by atoms with Crippen LogP contribution in [0.3, 0.4) is 0 Å². The van der Waals surface area contributed by atoms with Gasteiger partial charge in [0.15, 0.2) is 5.13 Å². The Kier molecular flexibility index (Phi) is 6.76. The molecule has 2 amide bonds. The first-order valence-electron chi connectivity index (χ1n) is 6.97. The Hall–Kier alpha value is -2.39. The van der Waals surface area contributed by atoms with Gasteiger partial charge < -0.3 is 15.7 Å². The number of hydrogen-bond acceptors (Lipinski definition) is 6. The van der Waals surface area contributed by atoms with Crippen LogP contribution in [0.4, 0.5) is 10.8 Å². The van der Waals surface area contributed by atoms with Gasteiger partial charge in [-0.1, -0.05) is 0 Å². The SMILES string of the molecule is O=C(O)CCC(=O)Nc1ccc(SCC(=O)Nc2nccs2)cc1. The predicted molar refractivity (Wildman–Crippen MR) is 93.4 cm³/mol. The minimum Gasteiger partial charge on any atom is -0.481 e. The summed E-state index contributed by atoms with van der Waals surface area (Å²) in [7, 11) is 0. The van der Waals surface area contributed by atoms with Crippen LogP contribution in [0.1, 0.15) is 12.8 Å². The lowest BCUT2D eigenvalue weighted by Crippen LogP contribution is -2.14. The Labute approximate surface area is 146 Å². The van der Waals surface area contributed by atoms with Gasteiger partial charge >= 0.3 is 5.97 Å². The molecular formula is C15H15N3O4S2. The molecule has 1 aromatic heterocycles. The summed E-state index contributed by atoms with van der Waals surface area (Å²) in [6.45, 7) is 0. The molecule has 126 valence electrons. The normalized spacial score (nSPS) is 10.2. The van der Waals surface area contributed by atoms with E-state index in [1.165, 1.54) is 23.1 Å². The van der Waals surface area contributed by atoms with Gasteiger partial charge in [0, 0.05) is 28.6 Å². The Morgan fingerprint density at radius 1 is 1.08 bits per heavy atom. The first-order valence-corrected chi connectivity index (χ1v) is 8.83. The van der Waals surface area contributed by atoms with Gasteiger partial charge in [0.2, 0.25) is 11.8 Å². The molecule has 3 N–H and O–H groups in total. The number of rotatable bonds is 8. The number of benzene rings is 1. The average molecular weight is 365 g/mol. The van der Waals surface area contributed by atoms with E-state index in [9.17, 15) is 14.4 Å². The summed E-state index contributed by atoms with van der Waals surface area (Å²) in [4.78, 5) is 38.6. The summed E-state index contributed by atoms with van der Waals surface area (Å²) in [6, 6.07) is 6.99. The number of nitrogens with zero attached hydrogens (tertiary/aromatic N) is 1. The Morgan fingerprint density at radius 3 is 2.46 bits per heavy atom. The molecule has 0 radical (unpaired) electrons. The van der Waals surface area contributed by atoms with Gasteiger partial charge in [-0.05, 0) is 24.3 Å². The summed E-state index contributed by atoms with van der Waals surface area (Å²) in [5, 5.41) is 16.2. The fourth-order valence-electron chi connectivity index (χ4n) is 1.67. The van der Waals surface area contributed by atoms with Crippen LogP contribution < -0.4 is 10.6 Å². The molecule has 0 aliphatic heterocycles. The molecule has 0 unspecified atom stereocenters. The number of carboxylic acid groups (broad SMARTS) is 1. The van der Waals surface area contributed by atoms with E-state index in [-0.39, 0.29) is 30.4 Å². The van der Waals surface area contributed by atoms with Crippen molar-refractivity contribution in [3.05, 3.63) is 35.8 Å². The molecule has 0 aliphatic carbocycles. The maximum absolute atomic E-state index is 11.8. The Morgan fingerprint density at radius 2 is 1.83 bits per heavy atom. The zero-order chi connectivity index (χ0) is 17.4. The lowest BCUT2D eigenvalue weighted by molar-refractivity contribution is -0.138. The zero-order valence-electron chi connectivity index (χ0n) is 12.5. The highest BCUT2D eigenvalue weighted by Gasteiger charge is 2.07. The molecule has 7 nitrogen and oxygen atoms in total. The van der Waals surface area contributed by atoms with Crippen molar-refractivity contribution in [3.8, 4) is 0 Å². The van der Waals surface area contributed by atoms with Gasteiger partial charge in [0.25, 0.3) is 0 Å². The van der Waals surface area contributed by atoms with E-state index < -0.39 is 5.97 Å². The predicted octanol–water partition coefficient (Wildman–Crippen LogP) is 2.68. The van der Waals surface area contributed by atoms with Crippen LogP contribution in [0.2, 0.25) is 0 Å². The molecule has 0 spiro atoms. The van der Waals surface area contributed by atoms with Crippen LogP contribution in [0.5, 0.6) is 0 Å². The molecule has 0 fully saturated rings. The van der Waals surface area contributed by atoms with Crippen molar-refractivity contribution < 1.29 is 19.5 Å². The van der Waals surface area contributed by atoms with E-state index in [0.717, 1.165) is 4.90 Å². The standard InChI is InChI=1S/C15H15N3O4S2/c19-12(5-6-14(21)22)17-10-1-3-11(4-2-10)24-9-13(20)18-15-16-7-8-23-15/h1-4,7-8H,5-6,9H2,(H,17,19)(H,21,22)(H,16,18,20). The highest BCUT2D eigenvalue weighted by molar-refractivity contribution is 8.00. The van der Waals surface area contributed by atoms with Crippen LogP contribution in [-0.4, -0.2) is 33.6 Å². The second kappa shape index (κ2) is 9.04. The summed E-state index contributed by atoms with van der Waals surface area (Å²) >= 11 is 2.72. The number of carbonyl (C=O) groups is 3. The fourth-order valence-corrected chi connectivity index (χ4v) is 2.91. The van der Waals surface area contributed by atoms with Crippen molar-refractivity contribution in [3.63, 3.8) is 0 Å². The molecule has 0 aliphatic rings. The van der Waals surface area contributed by atoms with Gasteiger partial charge in [-0.3, -0.25) is 14.4 Å². The quantitative estimate of drug-likeness (QED) is 0.621. The third kappa shape index (κ3) is 6.39. The van der Waals surface area contributed by atoms with Gasteiger partial charge in [-0.2, -0.15) is 0 Å². The van der Waals surface area contributed by atoms with Crippen molar-refractivity contribution in [2.45, 2.75) is 17.7 Å². The maximum Gasteiger partial charge on any atom is 0.303 e. The number of hydrogen-bond donors (Lipinski definition) is 3. The molecule has 2 aromatic rings. The number of carbonyl (C=O) groups excluding carboxylic acids is 2. The summed E-state index contributed by atoms with van der Waals surface area (Å²) in [5.74, 6) is -1.24. The van der Waals surface area contributed by atoms with E-state index in [4.69, 9.17) is 5.11 Å². The Bertz CT molecular complexity index is 702. The number of carboxylic acids is 1. The van der Waals surface area contributed by atoms with Crippen LogP contribution >= 0.6 is 23.1 Å². The molecule has 2 rings (SSSR count). The second-order valence-electron chi connectivity index (χ2n) is 4.64. The number of aromatic nitrogens is 1. The lowest BCUT2D eigenvalue weighted by atomic mass is 10.2. The van der Waals surface area contributed by atoms with Gasteiger partial charge in [-0.15, -0.1) is 23.1 Å².